The molecule has 8 nitrogen and oxygen atoms in total. The Bertz CT molecular complexity index is 991. The van der Waals surface area contributed by atoms with Crippen molar-refractivity contribution in [3.05, 3.63) is 67.7 Å². The minimum absolute atomic E-state index is 0.0220. The number of aromatic nitrogens is 2. The molecule has 0 spiro atoms. The van der Waals surface area contributed by atoms with Crippen molar-refractivity contribution in [1.29, 1.82) is 0 Å². The molecule has 0 radical (unpaired) electrons. The third-order valence-corrected chi connectivity index (χ3v) is 4.69. The number of esters is 1. The number of aromatic amines is 2. The molecule has 0 saturated heterocycles. The number of carbonyl (C=O) groups excluding carboxylic acids is 1. The monoisotopic (exact) mass is 375 g/mol. The molecule has 1 aromatic heterocycles. The minimum atomic E-state index is -0.825. The Hall–Kier alpha value is -2.94. The van der Waals surface area contributed by atoms with Crippen molar-refractivity contribution < 1.29 is 14.3 Å². The second-order valence-electron chi connectivity index (χ2n) is 5.46. The fourth-order valence-electron chi connectivity index (χ4n) is 2.83. The summed E-state index contributed by atoms with van der Waals surface area (Å²) in [6, 6.07) is 7.33. The maximum atomic E-state index is 12.5. The maximum absolute atomic E-state index is 12.5. The van der Waals surface area contributed by atoms with Crippen molar-refractivity contribution >= 4 is 17.7 Å². The molecule has 0 aliphatic carbocycles. The predicted octanol–water partition coefficient (Wildman–Crippen LogP) is 1.04. The highest BCUT2D eigenvalue weighted by atomic mass is 32.2. The van der Waals surface area contributed by atoms with Gasteiger partial charge in [-0.15, -0.1) is 11.8 Å². The first-order valence-corrected chi connectivity index (χ1v) is 9.03. The summed E-state index contributed by atoms with van der Waals surface area (Å²) in [5.74, 6) is -1.80. The van der Waals surface area contributed by atoms with Crippen molar-refractivity contribution in [1.82, 2.24) is 9.97 Å². The van der Waals surface area contributed by atoms with Crippen LogP contribution in [-0.4, -0.2) is 28.8 Å². The lowest BCUT2D eigenvalue weighted by molar-refractivity contribution is -0.139. The Morgan fingerprint density at radius 1 is 1.27 bits per heavy atom. The fourth-order valence-corrected chi connectivity index (χ4v) is 3.23. The van der Waals surface area contributed by atoms with E-state index in [4.69, 9.17) is 15.2 Å². The molecule has 0 unspecified atom stereocenters. The summed E-state index contributed by atoms with van der Waals surface area (Å²) in [6.45, 7) is 1.81. The largest absolute Gasteiger partial charge is 0.462 e. The summed E-state index contributed by atoms with van der Waals surface area (Å²) in [5, 5.41) is 0. The van der Waals surface area contributed by atoms with Gasteiger partial charge in [0.2, 0.25) is 11.8 Å². The first kappa shape index (κ1) is 17.9. The van der Waals surface area contributed by atoms with Crippen LogP contribution in [0, 0.1) is 0 Å². The van der Waals surface area contributed by atoms with E-state index in [9.17, 15) is 14.4 Å². The zero-order valence-corrected chi connectivity index (χ0v) is 14.9. The number of H-pyrrole nitrogens is 2. The van der Waals surface area contributed by atoms with Gasteiger partial charge >= 0.3 is 11.7 Å². The first-order chi connectivity index (χ1) is 12.5. The number of benzene rings is 1. The molecule has 136 valence electrons. The summed E-state index contributed by atoms with van der Waals surface area (Å²) in [5.41, 5.74) is 5.31. The summed E-state index contributed by atoms with van der Waals surface area (Å²) >= 11 is 1.56. The van der Waals surface area contributed by atoms with Crippen LogP contribution in [0.5, 0.6) is 5.88 Å². The summed E-state index contributed by atoms with van der Waals surface area (Å²) in [6.07, 6.45) is 1.94. The van der Waals surface area contributed by atoms with E-state index in [1.807, 2.05) is 18.4 Å². The van der Waals surface area contributed by atoms with Crippen molar-refractivity contribution in [3.8, 4) is 5.88 Å². The first-order valence-electron chi connectivity index (χ1n) is 7.81. The standard InChI is InChI=1S/C17H17N3O5S/c1-3-24-16(22)11-10(8-4-6-9(26-2)7-5-8)12-14(21)19-17(23)20-15(12)25-13(11)18/h4-7,10H,3,18H2,1-2H3,(H2,19,20,21,23)/t10-/m1/s1. The van der Waals surface area contributed by atoms with Gasteiger partial charge < -0.3 is 15.2 Å². The Morgan fingerprint density at radius 2 is 1.96 bits per heavy atom. The van der Waals surface area contributed by atoms with Crippen LogP contribution >= 0.6 is 11.8 Å². The van der Waals surface area contributed by atoms with Crippen molar-refractivity contribution in [2.75, 3.05) is 12.9 Å². The highest BCUT2D eigenvalue weighted by Crippen LogP contribution is 2.39. The molecule has 3 rings (SSSR count). The number of nitrogens with one attached hydrogen (secondary N) is 2. The second-order valence-corrected chi connectivity index (χ2v) is 6.34. The molecule has 9 heteroatoms. The third kappa shape index (κ3) is 3.13. The lowest BCUT2D eigenvalue weighted by Gasteiger charge is -2.27. The van der Waals surface area contributed by atoms with Crippen LogP contribution < -0.4 is 21.7 Å². The van der Waals surface area contributed by atoms with Crippen molar-refractivity contribution in [2.45, 2.75) is 17.7 Å². The average Bonchev–Trinajstić information content (AvgIpc) is 2.60. The van der Waals surface area contributed by atoms with E-state index < -0.39 is 23.1 Å². The van der Waals surface area contributed by atoms with Gasteiger partial charge in [-0.25, -0.2) is 9.59 Å². The number of rotatable bonds is 4. The highest BCUT2D eigenvalue weighted by molar-refractivity contribution is 7.98. The molecular weight excluding hydrogens is 358 g/mol. The van der Waals surface area contributed by atoms with Gasteiger partial charge in [-0.1, -0.05) is 12.1 Å². The van der Waals surface area contributed by atoms with E-state index >= 15 is 0 Å². The second kappa shape index (κ2) is 7.12. The molecule has 2 aromatic rings. The van der Waals surface area contributed by atoms with Crippen LogP contribution in [0.4, 0.5) is 0 Å². The number of hydrogen-bond donors (Lipinski definition) is 3. The van der Waals surface area contributed by atoms with E-state index in [0.717, 1.165) is 4.90 Å². The third-order valence-electron chi connectivity index (χ3n) is 3.94. The van der Waals surface area contributed by atoms with Gasteiger partial charge in [-0.3, -0.25) is 14.8 Å². The van der Waals surface area contributed by atoms with Gasteiger partial charge in [0, 0.05) is 4.90 Å². The average molecular weight is 375 g/mol. The number of ether oxygens (including phenoxy) is 2. The van der Waals surface area contributed by atoms with E-state index in [0.29, 0.717) is 5.56 Å². The zero-order chi connectivity index (χ0) is 18.8. The molecule has 2 heterocycles. The molecule has 1 aromatic carbocycles. The highest BCUT2D eigenvalue weighted by Gasteiger charge is 2.38. The number of nitrogens with two attached hydrogens (primary N) is 1. The molecule has 26 heavy (non-hydrogen) atoms. The molecule has 0 amide bonds. The maximum Gasteiger partial charge on any atom is 0.340 e. The smallest absolute Gasteiger partial charge is 0.340 e. The van der Waals surface area contributed by atoms with Gasteiger partial charge in [-0.05, 0) is 30.9 Å². The van der Waals surface area contributed by atoms with Crippen LogP contribution in [0.15, 0.2) is 50.2 Å². The summed E-state index contributed by atoms with van der Waals surface area (Å²) in [7, 11) is 0. The van der Waals surface area contributed by atoms with Crippen molar-refractivity contribution in [3.63, 3.8) is 0 Å². The Morgan fingerprint density at radius 3 is 2.58 bits per heavy atom. The van der Waals surface area contributed by atoms with E-state index in [-0.39, 0.29) is 29.5 Å². The molecule has 4 N–H and O–H groups in total. The number of thioether (sulfide) groups is 1. The van der Waals surface area contributed by atoms with Gasteiger partial charge in [0.15, 0.2) is 0 Å². The normalized spacial score (nSPS) is 16.0. The number of carbonyl (C=O) groups is 1. The van der Waals surface area contributed by atoms with E-state index in [1.54, 1.807) is 30.8 Å². The molecule has 0 fully saturated rings. The van der Waals surface area contributed by atoms with E-state index in [2.05, 4.69) is 9.97 Å². The Kier molecular flexibility index (Phi) is 4.90. The lowest BCUT2D eigenvalue weighted by Crippen LogP contribution is -2.35. The van der Waals surface area contributed by atoms with Gasteiger partial charge in [0.1, 0.15) is 5.57 Å². The Labute approximate surface area is 152 Å². The number of fused-ring (bicyclic) bond motifs is 1. The topological polar surface area (TPSA) is 127 Å². The van der Waals surface area contributed by atoms with Crippen LogP contribution in [-0.2, 0) is 9.53 Å². The Balaban J connectivity index is 2.25. The van der Waals surface area contributed by atoms with Crippen molar-refractivity contribution in [2.24, 2.45) is 5.73 Å². The van der Waals surface area contributed by atoms with Gasteiger partial charge in [0.05, 0.1) is 18.1 Å². The zero-order valence-electron chi connectivity index (χ0n) is 14.1. The van der Waals surface area contributed by atoms with Gasteiger partial charge in [-0.2, -0.15) is 0 Å². The summed E-state index contributed by atoms with van der Waals surface area (Å²) < 4.78 is 10.4. The summed E-state index contributed by atoms with van der Waals surface area (Å²) in [4.78, 5) is 42.1. The predicted molar refractivity (Wildman–Crippen MR) is 96.2 cm³/mol. The molecule has 1 aliphatic rings. The van der Waals surface area contributed by atoms with Crippen LogP contribution in [0.1, 0.15) is 24.0 Å². The van der Waals surface area contributed by atoms with Gasteiger partial charge in [0.25, 0.3) is 5.56 Å². The molecule has 1 atom stereocenters. The molecule has 0 bridgehead atoms. The fraction of sp³-hybridized carbons (Fsp3) is 0.235. The van der Waals surface area contributed by atoms with E-state index in [1.165, 1.54) is 0 Å². The minimum Gasteiger partial charge on any atom is -0.462 e. The van der Waals surface area contributed by atoms with Crippen LogP contribution in [0.2, 0.25) is 0 Å². The van der Waals surface area contributed by atoms with Crippen LogP contribution in [0.3, 0.4) is 0 Å². The van der Waals surface area contributed by atoms with Crippen LogP contribution in [0.25, 0.3) is 0 Å². The molecular formula is C17H17N3O5S. The quantitative estimate of drug-likeness (QED) is 0.538. The molecule has 0 saturated carbocycles. The lowest BCUT2D eigenvalue weighted by atomic mass is 9.84. The molecule has 1 aliphatic heterocycles. The number of hydrogen-bond acceptors (Lipinski definition) is 7. The SMILES string of the molecule is CCOC(=O)C1=C(N)Oc2[nH]c(=O)[nH]c(=O)c2[C@@H]1c1ccc(SC)cc1.